The maximum atomic E-state index is 12.3. The molecule has 2 amide bonds. The summed E-state index contributed by atoms with van der Waals surface area (Å²) in [6, 6.07) is 15.3. The Morgan fingerprint density at radius 1 is 1.00 bits per heavy atom. The highest BCUT2D eigenvalue weighted by Crippen LogP contribution is 2.18. The van der Waals surface area contributed by atoms with E-state index in [-0.39, 0.29) is 11.8 Å². The van der Waals surface area contributed by atoms with Gasteiger partial charge in [0.05, 0.1) is 22.5 Å². The molecule has 146 valence electrons. The first-order chi connectivity index (χ1) is 14.1. The molecular weight excluding hydrogens is 386 g/mol. The van der Waals surface area contributed by atoms with Gasteiger partial charge in [-0.1, -0.05) is 18.2 Å². The summed E-state index contributed by atoms with van der Waals surface area (Å²) in [4.78, 5) is 33.8. The van der Waals surface area contributed by atoms with Gasteiger partial charge < -0.3 is 10.6 Å². The van der Waals surface area contributed by atoms with Crippen LogP contribution in [0.5, 0.6) is 0 Å². The highest BCUT2D eigenvalue weighted by Gasteiger charge is 2.10. The topological polar surface area (TPSA) is 88.9 Å². The fraction of sp³-hybridized carbons (Fsp3) is 0.143. The largest absolute Gasteiger partial charge is 0.351 e. The quantitative estimate of drug-likeness (QED) is 0.516. The minimum Gasteiger partial charge on any atom is -0.351 e. The van der Waals surface area contributed by atoms with Gasteiger partial charge in [0.1, 0.15) is 12.1 Å². The van der Waals surface area contributed by atoms with Crippen molar-refractivity contribution in [3.05, 3.63) is 76.4 Å². The monoisotopic (exact) mass is 405 g/mol. The van der Waals surface area contributed by atoms with E-state index in [0.29, 0.717) is 18.0 Å². The van der Waals surface area contributed by atoms with E-state index < -0.39 is 0 Å². The number of rotatable bonds is 6. The Kier molecular flexibility index (Phi) is 5.35. The van der Waals surface area contributed by atoms with E-state index >= 15 is 0 Å². The smallest absolute Gasteiger partial charge is 0.261 e. The minimum absolute atomic E-state index is 0.0935. The number of imidazole rings is 1. The molecule has 0 spiro atoms. The first-order valence-corrected chi connectivity index (χ1v) is 9.90. The van der Waals surface area contributed by atoms with Crippen molar-refractivity contribution in [3.63, 3.8) is 0 Å². The lowest BCUT2D eigenvalue weighted by Gasteiger charge is -2.06. The van der Waals surface area contributed by atoms with Gasteiger partial charge in [-0.15, -0.1) is 11.3 Å². The van der Waals surface area contributed by atoms with Crippen LogP contribution in [-0.4, -0.2) is 26.3 Å². The number of fused-ring (bicyclic) bond motifs is 1. The third-order valence-corrected chi connectivity index (χ3v) is 5.44. The lowest BCUT2D eigenvalue weighted by molar-refractivity contribution is -0.119. The van der Waals surface area contributed by atoms with Gasteiger partial charge in [0.25, 0.3) is 5.91 Å². The van der Waals surface area contributed by atoms with Gasteiger partial charge in [-0.3, -0.25) is 14.2 Å². The first kappa shape index (κ1) is 18.8. The van der Waals surface area contributed by atoms with Crippen LogP contribution in [0.3, 0.4) is 0 Å². The number of thiophene rings is 1. The summed E-state index contributed by atoms with van der Waals surface area (Å²) in [7, 11) is 0. The molecule has 0 unspecified atom stereocenters. The third-order valence-electron chi connectivity index (χ3n) is 4.36. The van der Waals surface area contributed by atoms with Crippen LogP contribution in [0.15, 0.2) is 61.1 Å². The zero-order valence-corrected chi connectivity index (χ0v) is 16.6. The molecule has 0 radical (unpaired) electrons. The zero-order chi connectivity index (χ0) is 20.2. The van der Waals surface area contributed by atoms with Crippen LogP contribution in [0.1, 0.15) is 27.0 Å². The number of aromatic nitrogens is 3. The zero-order valence-electron chi connectivity index (χ0n) is 15.8. The number of benzene rings is 1. The Balaban J connectivity index is 1.38. The highest BCUT2D eigenvalue weighted by molar-refractivity contribution is 7.14. The van der Waals surface area contributed by atoms with Crippen LogP contribution in [0.4, 0.5) is 0 Å². The van der Waals surface area contributed by atoms with Crippen LogP contribution < -0.4 is 10.6 Å². The van der Waals surface area contributed by atoms with E-state index in [1.807, 2.05) is 47.0 Å². The van der Waals surface area contributed by atoms with Gasteiger partial charge in [-0.2, -0.15) is 0 Å². The molecule has 0 atom stereocenters. The average molecular weight is 405 g/mol. The number of carbonyl (C=O) groups excluding carboxylic acids is 2. The summed E-state index contributed by atoms with van der Waals surface area (Å²) in [5.74, 6) is 0.535. The predicted molar refractivity (Wildman–Crippen MR) is 112 cm³/mol. The molecule has 2 N–H and O–H groups in total. The molecule has 3 heterocycles. The molecule has 4 rings (SSSR count). The van der Waals surface area contributed by atoms with E-state index in [1.54, 1.807) is 18.6 Å². The molecule has 29 heavy (non-hydrogen) atoms. The fourth-order valence-electron chi connectivity index (χ4n) is 2.88. The standard InChI is InChI=1S/C21H19N5O2S/c1-14(27)22-12-16-7-8-19(29-16)21(28)24-11-15-6-9-20(23-10-15)26-13-25-17-4-2-3-5-18(17)26/h2-10,13H,11-12H2,1H3,(H,22,27)(H,24,28). The predicted octanol–water partition coefficient (Wildman–Crippen LogP) is 3.05. The summed E-state index contributed by atoms with van der Waals surface area (Å²) in [5.41, 5.74) is 2.81. The maximum absolute atomic E-state index is 12.3. The summed E-state index contributed by atoms with van der Waals surface area (Å²) >= 11 is 1.37. The molecule has 0 aliphatic heterocycles. The van der Waals surface area contributed by atoms with Crippen molar-refractivity contribution in [2.75, 3.05) is 0 Å². The summed E-state index contributed by atoms with van der Waals surface area (Å²) in [6.07, 6.45) is 3.50. The summed E-state index contributed by atoms with van der Waals surface area (Å²) in [5, 5.41) is 5.63. The second-order valence-corrected chi connectivity index (χ2v) is 7.65. The number of nitrogens with one attached hydrogen (secondary N) is 2. The van der Waals surface area contributed by atoms with Crippen LogP contribution in [0, 0.1) is 0 Å². The highest BCUT2D eigenvalue weighted by atomic mass is 32.1. The number of carbonyl (C=O) groups is 2. The minimum atomic E-state index is -0.145. The van der Waals surface area contributed by atoms with Crippen molar-refractivity contribution < 1.29 is 9.59 Å². The van der Waals surface area contributed by atoms with E-state index in [9.17, 15) is 9.59 Å². The molecule has 8 heteroatoms. The summed E-state index contributed by atoms with van der Waals surface area (Å²) in [6.45, 7) is 2.28. The van der Waals surface area contributed by atoms with Crippen molar-refractivity contribution in [2.45, 2.75) is 20.0 Å². The van der Waals surface area contributed by atoms with Crippen molar-refractivity contribution in [1.29, 1.82) is 0 Å². The van der Waals surface area contributed by atoms with Gasteiger partial charge in [0.2, 0.25) is 5.91 Å². The number of pyridine rings is 1. The van der Waals surface area contributed by atoms with Crippen molar-refractivity contribution >= 4 is 34.2 Å². The second-order valence-electron chi connectivity index (χ2n) is 6.49. The van der Waals surface area contributed by atoms with Crippen LogP contribution >= 0.6 is 11.3 Å². The number of hydrogen-bond acceptors (Lipinski definition) is 5. The van der Waals surface area contributed by atoms with Crippen molar-refractivity contribution in [2.24, 2.45) is 0 Å². The molecule has 0 bridgehead atoms. The Hall–Kier alpha value is -3.52. The Bertz CT molecular complexity index is 1160. The van der Waals surface area contributed by atoms with E-state index in [2.05, 4.69) is 20.6 Å². The van der Waals surface area contributed by atoms with Gasteiger partial charge >= 0.3 is 0 Å². The molecule has 0 fully saturated rings. The van der Waals surface area contributed by atoms with Crippen LogP contribution in [0.25, 0.3) is 16.9 Å². The molecule has 1 aromatic carbocycles. The van der Waals surface area contributed by atoms with E-state index in [0.717, 1.165) is 27.3 Å². The molecule has 0 aliphatic carbocycles. The van der Waals surface area contributed by atoms with Crippen LogP contribution in [0.2, 0.25) is 0 Å². The molecule has 3 aromatic heterocycles. The fourth-order valence-corrected chi connectivity index (χ4v) is 3.75. The van der Waals surface area contributed by atoms with Gasteiger partial charge in [-0.25, -0.2) is 9.97 Å². The molecule has 0 saturated carbocycles. The number of hydrogen-bond donors (Lipinski definition) is 2. The van der Waals surface area contributed by atoms with Crippen molar-refractivity contribution in [1.82, 2.24) is 25.2 Å². The van der Waals surface area contributed by atoms with Gasteiger partial charge in [-0.05, 0) is 35.9 Å². The van der Waals surface area contributed by atoms with E-state index in [4.69, 9.17) is 0 Å². The molecule has 0 aliphatic rings. The van der Waals surface area contributed by atoms with Crippen LogP contribution in [-0.2, 0) is 17.9 Å². The molecule has 4 aromatic rings. The molecule has 0 saturated heterocycles. The van der Waals surface area contributed by atoms with E-state index in [1.165, 1.54) is 18.3 Å². The second kappa shape index (κ2) is 8.24. The molecular formula is C21H19N5O2S. The summed E-state index contributed by atoms with van der Waals surface area (Å²) < 4.78 is 1.93. The normalized spacial score (nSPS) is 10.8. The maximum Gasteiger partial charge on any atom is 0.261 e. The van der Waals surface area contributed by atoms with Gasteiger partial charge in [0, 0.05) is 24.5 Å². The Labute approximate surface area is 171 Å². The lowest BCUT2D eigenvalue weighted by Crippen LogP contribution is -2.22. The number of para-hydroxylation sites is 2. The van der Waals surface area contributed by atoms with Gasteiger partial charge in [0.15, 0.2) is 0 Å². The number of amides is 2. The SMILES string of the molecule is CC(=O)NCc1ccc(C(=O)NCc2ccc(-n3cnc4ccccc43)nc2)s1. The first-order valence-electron chi connectivity index (χ1n) is 9.09. The molecule has 7 nitrogen and oxygen atoms in total. The third kappa shape index (κ3) is 4.33. The Morgan fingerprint density at radius 3 is 2.66 bits per heavy atom. The average Bonchev–Trinajstić information content (AvgIpc) is 3.38. The lowest BCUT2D eigenvalue weighted by atomic mass is 10.2. The Morgan fingerprint density at radius 2 is 1.86 bits per heavy atom. The number of nitrogens with zero attached hydrogens (tertiary/aromatic N) is 3. The van der Waals surface area contributed by atoms with Crippen molar-refractivity contribution in [3.8, 4) is 5.82 Å².